The lowest BCUT2D eigenvalue weighted by atomic mass is 10.2. The van der Waals surface area contributed by atoms with Crippen LogP contribution in [0.3, 0.4) is 0 Å². The summed E-state index contributed by atoms with van der Waals surface area (Å²) < 4.78 is 5.11. The molecule has 0 saturated carbocycles. The van der Waals surface area contributed by atoms with E-state index in [1.807, 2.05) is 43.1 Å². The van der Waals surface area contributed by atoms with E-state index in [4.69, 9.17) is 16.3 Å². The normalized spacial score (nSPS) is 10.3. The fourth-order valence-electron chi connectivity index (χ4n) is 1.78. The summed E-state index contributed by atoms with van der Waals surface area (Å²) in [7, 11) is 3.45. The fraction of sp³-hybridized carbons (Fsp3) is 0.357. The minimum absolute atomic E-state index is 0.291. The van der Waals surface area contributed by atoms with Gasteiger partial charge >= 0.3 is 6.01 Å². The molecule has 21 heavy (non-hydrogen) atoms. The van der Waals surface area contributed by atoms with Crippen molar-refractivity contribution in [3.05, 3.63) is 34.9 Å². The van der Waals surface area contributed by atoms with Crippen LogP contribution < -0.4 is 15.0 Å². The van der Waals surface area contributed by atoms with Gasteiger partial charge in [-0.25, -0.2) is 0 Å². The van der Waals surface area contributed by atoms with Crippen molar-refractivity contribution < 1.29 is 4.74 Å². The molecule has 1 heterocycles. The minimum atomic E-state index is 0.291. The van der Waals surface area contributed by atoms with Gasteiger partial charge in [0.25, 0.3) is 0 Å². The van der Waals surface area contributed by atoms with Crippen molar-refractivity contribution in [2.45, 2.75) is 13.5 Å². The zero-order valence-electron chi connectivity index (χ0n) is 12.3. The molecule has 0 aliphatic rings. The van der Waals surface area contributed by atoms with Crippen LogP contribution in [0.15, 0.2) is 24.3 Å². The number of nitrogens with one attached hydrogen (secondary N) is 1. The van der Waals surface area contributed by atoms with Crippen molar-refractivity contribution in [3.8, 4) is 6.01 Å². The van der Waals surface area contributed by atoms with E-state index < -0.39 is 0 Å². The van der Waals surface area contributed by atoms with Gasteiger partial charge in [0.1, 0.15) is 0 Å². The Kier molecular flexibility index (Phi) is 5.16. The molecule has 112 valence electrons. The highest BCUT2D eigenvalue weighted by Gasteiger charge is 2.11. The summed E-state index contributed by atoms with van der Waals surface area (Å²) in [5.41, 5.74) is 1.12. The molecule has 7 heteroatoms. The molecule has 2 aromatic rings. The molecular weight excluding hydrogens is 290 g/mol. The molecule has 0 aliphatic heterocycles. The maximum Gasteiger partial charge on any atom is 0.322 e. The van der Waals surface area contributed by atoms with Crippen LogP contribution in [0, 0.1) is 0 Å². The predicted molar refractivity (Wildman–Crippen MR) is 84.1 cm³/mol. The lowest BCUT2D eigenvalue weighted by molar-refractivity contribution is 0.379. The fourth-order valence-corrected chi connectivity index (χ4v) is 1.91. The lowest BCUT2D eigenvalue weighted by Crippen LogP contribution is -2.20. The Bertz CT molecular complexity index is 590. The average molecular weight is 308 g/mol. The van der Waals surface area contributed by atoms with Gasteiger partial charge < -0.3 is 15.0 Å². The van der Waals surface area contributed by atoms with Crippen LogP contribution in [0.4, 0.5) is 11.9 Å². The Labute approximate surface area is 129 Å². The zero-order valence-corrected chi connectivity index (χ0v) is 13.1. The largest absolute Gasteiger partial charge is 0.467 e. The molecule has 0 bridgehead atoms. The SMILES string of the molecule is CCNc1nc(OC)nc(N(C)Cc2ccc(Cl)cc2)n1. The van der Waals surface area contributed by atoms with E-state index in [0.29, 0.717) is 24.5 Å². The third-order valence-corrected chi connectivity index (χ3v) is 3.05. The van der Waals surface area contributed by atoms with Crippen LogP contribution in [0.2, 0.25) is 5.02 Å². The molecule has 2 rings (SSSR count). The first-order valence-corrected chi connectivity index (χ1v) is 6.99. The number of hydrogen-bond donors (Lipinski definition) is 1. The standard InChI is InChI=1S/C14H18ClN5O/c1-4-16-12-17-13(19-14(18-12)21-3)20(2)9-10-5-7-11(15)8-6-10/h5-8H,4,9H2,1-3H3,(H,16,17,18,19). The van der Waals surface area contributed by atoms with Gasteiger partial charge in [0.05, 0.1) is 7.11 Å². The molecule has 0 atom stereocenters. The molecule has 0 spiro atoms. The Morgan fingerprint density at radius 2 is 1.90 bits per heavy atom. The maximum atomic E-state index is 5.89. The first-order valence-electron chi connectivity index (χ1n) is 6.62. The number of rotatable bonds is 6. The van der Waals surface area contributed by atoms with Gasteiger partial charge in [0.15, 0.2) is 0 Å². The molecule has 1 N–H and O–H groups in total. The molecule has 0 aliphatic carbocycles. The van der Waals surface area contributed by atoms with Crippen LogP contribution in [0.25, 0.3) is 0 Å². The first kappa shape index (κ1) is 15.3. The van der Waals surface area contributed by atoms with Crippen molar-refractivity contribution in [2.24, 2.45) is 0 Å². The molecular formula is C14H18ClN5O. The number of nitrogens with zero attached hydrogens (tertiary/aromatic N) is 4. The summed E-state index contributed by atoms with van der Waals surface area (Å²) >= 11 is 5.89. The van der Waals surface area contributed by atoms with E-state index in [9.17, 15) is 0 Å². The predicted octanol–water partition coefficient (Wildman–Crippen LogP) is 2.60. The molecule has 1 aromatic carbocycles. The Hall–Kier alpha value is -2.08. The monoisotopic (exact) mass is 307 g/mol. The number of hydrogen-bond acceptors (Lipinski definition) is 6. The van der Waals surface area contributed by atoms with Crippen molar-refractivity contribution >= 4 is 23.5 Å². The van der Waals surface area contributed by atoms with E-state index in [1.165, 1.54) is 7.11 Å². The number of aromatic nitrogens is 3. The van der Waals surface area contributed by atoms with Gasteiger partial charge in [-0.15, -0.1) is 0 Å². The zero-order chi connectivity index (χ0) is 15.2. The van der Waals surface area contributed by atoms with Crippen LogP contribution in [0.5, 0.6) is 6.01 Å². The summed E-state index contributed by atoms with van der Waals surface area (Å²) in [6.07, 6.45) is 0. The van der Waals surface area contributed by atoms with Gasteiger partial charge in [-0.05, 0) is 24.6 Å². The highest BCUT2D eigenvalue weighted by atomic mass is 35.5. The third-order valence-electron chi connectivity index (χ3n) is 2.79. The molecule has 1 aromatic heterocycles. The minimum Gasteiger partial charge on any atom is -0.467 e. The molecule has 0 unspecified atom stereocenters. The average Bonchev–Trinajstić information content (AvgIpc) is 2.49. The second-order valence-electron chi connectivity index (χ2n) is 4.46. The number of halogens is 1. The van der Waals surface area contributed by atoms with Crippen LogP contribution in [0.1, 0.15) is 12.5 Å². The topological polar surface area (TPSA) is 63.2 Å². The van der Waals surface area contributed by atoms with E-state index >= 15 is 0 Å². The van der Waals surface area contributed by atoms with Gasteiger partial charge in [-0.3, -0.25) is 0 Å². The highest BCUT2D eigenvalue weighted by Crippen LogP contribution is 2.17. The van der Waals surface area contributed by atoms with E-state index in [0.717, 1.165) is 17.1 Å². The second kappa shape index (κ2) is 7.08. The molecule has 6 nitrogen and oxygen atoms in total. The van der Waals surface area contributed by atoms with Crippen molar-refractivity contribution in [2.75, 3.05) is 30.9 Å². The molecule has 0 amide bonds. The lowest BCUT2D eigenvalue weighted by Gasteiger charge is -2.18. The maximum absolute atomic E-state index is 5.89. The number of methoxy groups -OCH3 is 1. The van der Waals surface area contributed by atoms with Crippen LogP contribution >= 0.6 is 11.6 Å². The summed E-state index contributed by atoms with van der Waals surface area (Å²) in [5, 5.41) is 3.78. The summed E-state index contributed by atoms with van der Waals surface area (Å²) in [6, 6.07) is 7.97. The Morgan fingerprint density at radius 3 is 2.52 bits per heavy atom. The van der Waals surface area contributed by atoms with Gasteiger partial charge in [-0.1, -0.05) is 23.7 Å². The molecule has 0 fully saturated rings. The smallest absolute Gasteiger partial charge is 0.322 e. The van der Waals surface area contributed by atoms with Gasteiger partial charge in [0, 0.05) is 25.2 Å². The first-order chi connectivity index (χ1) is 10.1. The number of ether oxygens (including phenoxy) is 1. The highest BCUT2D eigenvalue weighted by molar-refractivity contribution is 6.30. The van der Waals surface area contributed by atoms with Gasteiger partial charge in [0.2, 0.25) is 11.9 Å². The number of benzene rings is 1. The van der Waals surface area contributed by atoms with Crippen molar-refractivity contribution in [3.63, 3.8) is 0 Å². The third kappa shape index (κ3) is 4.19. The van der Waals surface area contributed by atoms with Crippen LogP contribution in [-0.2, 0) is 6.54 Å². The quantitative estimate of drug-likeness (QED) is 0.885. The molecule has 0 radical (unpaired) electrons. The molecule has 0 saturated heterocycles. The summed E-state index contributed by atoms with van der Waals surface area (Å²) in [6.45, 7) is 3.37. The van der Waals surface area contributed by atoms with Gasteiger partial charge in [-0.2, -0.15) is 15.0 Å². The number of anilines is 2. The van der Waals surface area contributed by atoms with Crippen molar-refractivity contribution in [1.82, 2.24) is 15.0 Å². The van der Waals surface area contributed by atoms with Crippen molar-refractivity contribution in [1.29, 1.82) is 0 Å². The van der Waals surface area contributed by atoms with E-state index in [1.54, 1.807) is 0 Å². The Balaban J connectivity index is 2.19. The second-order valence-corrected chi connectivity index (χ2v) is 4.90. The van der Waals surface area contributed by atoms with E-state index in [-0.39, 0.29) is 0 Å². The van der Waals surface area contributed by atoms with E-state index in [2.05, 4.69) is 20.3 Å². The summed E-state index contributed by atoms with van der Waals surface area (Å²) in [4.78, 5) is 14.7. The summed E-state index contributed by atoms with van der Waals surface area (Å²) in [5.74, 6) is 1.05. The van der Waals surface area contributed by atoms with Crippen LogP contribution in [-0.4, -0.2) is 35.7 Å². The Morgan fingerprint density at radius 1 is 1.19 bits per heavy atom.